The van der Waals surface area contributed by atoms with Crippen LogP contribution in [0.15, 0.2) is 10.2 Å². The molecule has 0 aromatic rings. The van der Waals surface area contributed by atoms with Crippen LogP contribution in [0.2, 0.25) is 0 Å². The average Bonchev–Trinajstić information content (AvgIpc) is 2.04. The van der Waals surface area contributed by atoms with Crippen molar-refractivity contribution >= 4 is 11.7 Å². The molecule has 1 saturated heterocycles. The standard InChI is InChI=1S/C7H11N3O2/c1-11-4-2-10-3-5-12-7-6(10)8-9-7/h2-5H2,1H3. The first kappa shape index (κ1) is 7.54. The summed E-state index contributed by atoms with van der Waals surface area (Å²) in [7, 11) is 1.69. The minimum atomic E-state index is 0.678. The molecular weight excluding hydrogens is 158 g/mol. The van der Waals surface area contributed by atoms with Gasteiger partial charge in [-0.15, -0.1) is 10.2 Å². The lowest BCUT2D eigenvalue weighted by molar-refractivity contribution is 0.157. The Labute approximate surface area is 70.7 Å². The fraction of sp³-hybridized carbons (Fsp3) is 0.714. The van der Waals surface area contributed by atoms with Gasteiger partial charge in [-0.05, 0) is 0 Å². The molecule has 2 aliphatic heterocycles. The Bertz CT molecular complexity index is 237. The third-order valence-corrected chi connectivity index (χ3v) is 1.89. The Hall–Kier alpha value is -1.10. The van der Waals surface area contributed by atoms with E-state index in [1.54, 1.807) is 7.11 Å². The van der Waals surface area contributed by atoms with Crippen LogP contribution >= 0.6 is 0 Å². The Morgan fingerprint density at radius 1 is 1.58 bits per heavy atom. The van der Waals surface area contributed by atoms with Crippen molar-refractivity contribution in [1.29, 1.82) is 0 Å². The van der Waals surface area contributed by atoms with Crippen molar-refractivity contribution in [3.63, 3.8) is 0 Å². The van der Waals surface area contributed by atoms with E-state index in [0.29, 0.717) is 19.1 Å². The summed E-state index contributed by atoms with van der Waals surface area (Å²) in [5.74, 6) is 1.55. The van der Waals surface area contributed by atoms with Crippen molar-refractivity contribution < 1.29 is 9.47 Å². The van der Waals surface area contributed by atoms with E-state index in [1.165, 1.54) is 0 Å². The molecule has 0 bridgehead atoms. The number of nitrogens with zero attached hydrogens (tertiary/aromatic N) is 3. The molecule has 2 aliphatic rings. The van der Waals surface area contributed by atoms with E-state index < -0.39 is 0 Å². The molecule has 0 aromatic heterocycles. The number of fused-ring (bicyclic) bond motifs is 1. The van der Waals surface area contributed by atoms with E-state index in [-0.39, 0.29) is 0 Å². The van der Waals surface area contributed by atoms with Crippen molar-refractivity contribution in [2.45, 2.75) is 0 Å². The van der Waals surface area contributed by atoms with E-state index >= 15 is 0 Å². The quantitative estimate of drug-likeness (QED) is 0.582. The predicted octanol–water partition coefficient (Wildman–Crippen LogP) is -0.309. The second-order valence-corrected chi connectivity index (χ2v) is 2.66. The van der Waals surface area contributed by atoms with E-state index in [9.17, 15) is 0 Å². The highest BCUT2D eigenvalue weighted by molar-refractivity contribution is 6.41. The molecule has 0 saturated carbocycles. The normalized spacial score (nSPS) is 20.2. The van der Waals surface area contributed by atoms with Gasteiger partial charge in [0.1, 0.15) is 6.61 Å². The second-order valence-electron chi connectivity index (χ2n) is 2.66. The van der Waals surface area contributed by atoms with Gasteiger partial charge in [0.15, 0.2) is 0 Å². The van der Waals surface area contributed by atoms with Crippen LogP contribution in [0.4, 0.5) is 0 Å². The van der Waals surface area contributed by atoms with Crippen LogP contribution in [0.25, 0.3) is 0 Å². The van der Waals surface area contributed by atoms with Crippen molar-refractivity contribution in [2.24, 2.45) is 10.2 Å². The van der Waals surface area contributed by atoms with Crippen molar-refractivity contribution in [1.82, 2.24) is 4.90 Å². The molecule has 0 aromatic carbocycles. The molecule has 1 fully saturated rings. The fourth-order valence-corrected chi connectivity index (χ4v) is 1.21. The molecule has 0 N–H and O–H groups in total. The zero-order chi connectivity index (χ0) is 8.39. The van der Waals surface area contributed by atoms with Gasteiger partial charge >= 0.3 is 0 Å². The molecule has 0 radical (unpaired) electrons. The molecule has 0 aliphatic carbocycles. The molecule has 0 amide bonds. The molecule has 5 heteroatoms. The second kappa shape index (κ2) is 3.10. The molecule has 2 heterocycles. The summed E-state index contributed by atoms with van der Waals surface area (Å²) >= 11 is 0. The predicted molar refractivity (Wildman–Crippen MR) is 44.3 cm³/mol. The Kier molecular flexibility index (Phi) is 1.95. The van der Waals surface area contributed by atoms with Gasteiger partial charge in [0.25, 0.3) is 5.90 Å². The van der Waals surface area contributed by atoms with E-state index in [2.05, 4.69) is 15.1 Å². The third kappa shape index (κ3) is 1.16. The van der Waals surface area contributed by atoms with Crippen molar-refractivity contribution in [2.75, 3.05) is 33.4 Å². The summed E-state index contributed by atoms with van der Waals surface area (Å²) < 4.78 is 10.2. The Balaban J connectivity index is 1.89. The first-order chi connectivity index (χ1) is 5.92. The SMILES string of the molecule is COCCN1CCOC2=NN=C21. The lowest BCUT2D eigenvalue weighted by Crippen LogP contribution is -2.49. The van der Waals surface area contributed by atoms with Crippen LogP contribution in [0.1, 0.15) is 0 Å². The first-order valence-corrected chi connectivity index (χ1v) is 3.94. The Morgan fingerprint density at radius 3 is 3.17 bits per heavy atom. The van der Waals surface area contributed by atoms with Gasteiger partial charge in [0, 0.05) is 13.7 Å². The van der Waals surface area contributed by atoms with Crippen LogP contribution in [-0.2, 0) is 9.47 Å². The number of rotatable bonds is 3. The monoisotopic (exact) mass is 169 g/mol. The maximum atomic E-state index is 5.22. The van der Waals surface area contributed by atoms with Crippen LogP contribution in [-0.4, -0.2) is 50.0 Å². The van der Waals surface area contributed by atoms with Crippen LogP contribution in [0.3, 0.4) is 0 Å². The Morgan fingerprint density at radius 2 is 2.50 bits per heavy atom. The van der Waals surface area contributed by atoms with Gasteiger partial charge in [0.05, 0.1) is 13.2 Å². The maximum Gasteiger partial charge on any atom is 0.278 e. The van der Waals surface area contributed by atoms with E-state index in [0.717, 1.165) is 18.9 Å². The number of amidine groups is 1. The van der Waals surface area contributed by atoms with Gasteiger partial charge in [0.2, 0.25) is 5.84 Å². The van der Waals surface area contributed by atoms with Crippen LogP contribution in [0, 0.1) is 0 Å². The summed E-state index contributed by atoms with van der Waals surface area (Å²) in [6, 6.07) is 0. The third-order valence-electron chi connectivity index (χ3n) is 1.89. The molecule has 5 nitrogen and oxygen atoms in total. The zero-order valence-electron chi connectivity index (χ0n) is 6.99. The summed E-state index contributed by atoms with van der Waals surface area (Å²) in [5.41, 5.74) is 0. The lowest BCUT2D eigenvalue weighted by Gasteiger charge is -2.32. The van der Waals surface area contributed by atoms with E-state index in [1.807, 2.05) is 0 Å². The summed E-state index contributed by atoms with van der Waals surface area (Å²) in [4.78, 5) is 2.12. The van der Waals surface area contributed by atoms with Crippen LogP contribution < -0.4 is 0 Å². The van der Waals surface area contributed by atoms with Gasteiger partial charge in [-0.25, -0.2) is 0 Å². The molecule has 66 valence electrons. The van der Waals surface area contributed by atoms with Gasteiger partial charge in [-0.3, -0.25) is 0 Å². The number of hydrogen-bond acceptors (Lipinski definition) is 5. The first-order valence-electron chi connectivity index (χ1n) is 3.94. The molecule has 12 heavy (non-hydrogen) atoms. The largest absolute Gasteiger partial charge is 0.472 e. The van der Waals surface area contributed by atoms with Crippen LogP contribution in [0.5, 0.6) is 0 Å². The number of hydrogen-bond donors (Lipinski definition) is 0. The highest BCUT2D eigenvalue weighted by atomic mass is 16.5. The molecule has 0 atom stereocenters. The van der Waals surface area contributed by atoms with E-state index in [4.69, 9.17) is 9.47 Å². The average molecular weight is 169 g/mol. The highest BCUT2D eigenvalue weighted by Crippen LogP contribution is 2.10. The lowest BCUT2D eigenvalue weighted by atomic mass is 10.3. The number of morpholine rings is 1. The molecule has 0 spiro atoms. The van der Waals surface area contributed by atoms with Gasteiger partial charge in [-0.2, -0.15) is 0 Å². The minimum Gasteiger partial charge on any atom is -0.472 e. The highest BCUT2D eigenvalue weighted by Gasteiger charge is 2.28. The smallest absolute Gasteiger partial charge is 0.278 e. The van der Waals surface area contributed by atoms with Crippen molar-refractivity contribution in [3.8, 4) is 0 Å². The summed E-state index contributed by atoms with van der Waals surface area (Å²) in [6.07, 6.45) is 0. The number of methoxy groups -OCH3 is 1. The summed E-state index contributed by atoms with van der Waals surface area (Å²) in [6.45, 7) is 3.15. The van der Waals surface area contributed by atoms with Gasteiger partial charge in [-0.1, -0.05) is 0 Å². The molecule has 0 unspecified atom stereocenters. The molecular formula is C7H11N3O2. The minimum absolute atomic E-state index is 0.678. The van der Waals surface area contributed by atoms with Gasteiger partial charge < -0.3 is 14.4 Å². The fourth-order valence-electron chi connectivity index (χ4n) is 1.21. The topological polar surface area (TPSA) is 46.4 Å². The van der Waals surface area contributed by atoms with Crippen molar-refractivity contribution in [3.05, 3.63) is 0 Å². The zero-order valence-corrected chi connectivity index (χ0v) is 6.99. The maximum absolute atomic E-state index is 5.22. The number of ether oxygens (including phenoxy) is 2. The molecule has 2 rings (SSSR count). The summed E-state index contributed by atoms with van der Waals surface area (Å²) in [5, 5.41) is 7.62.